The Morgan fingerprint density at radius 2 is 1.86 bits per heavy atom. The van der Waals surface area contributed by atoms with Crippen molar-refractivity contribution in [3.8, 4) is 0 Å². The Bertz CT molecular complexity index is 437. The van der Waals surface area contributed by atoms with Gasteiger partial charge in [-0.1, -0.05) is 34.6 Å². The summed E-state index contributed by atoms with van der Waals surface area (Å²) in [5, 5.41) is 12.0. The molecule has 1 saturated heterocycles. The quantitative estimate of drug-likeness (QED) is 0.821. The van der Waals surface area contributed by atoms with E-state index in [9.17, 15) is 19.5 Å². The van der Waals surface area contributed by atoms with Crippen molar-refractivity contribution in [1.82, 2.24) is 10.2 Å². The number of rotatable bonds is 3. The molecule has 2 N–H and O–H groups in total. The van der Waals surface area contributed by atoms with Gasteiger partial charge in [-0.25, -0.2) is 4.79 Å². The standard InChI is InChI=1S/C15H26N2O4/c1-14(2,3)13(21)16-9-10(18)17-8-6-7-15(4,5)11(17)12(19)20/h11H,6-9H2,1-5H3,(H,16,21)(H,19,20). The Morgan fingerprint density at radius 1 is 1.29 bits per heavy atom. The van der Waals surface area contributed by atoms with E-state index in [0.717, 1.165) is 12.8 Å². The van der Waals surface area contributed by atoms with Crippen LogP contribution in [0.15, 0.2) is 0 Å². The topological polar surface area (TPSA) is 86.7 Å². The lowest BCUT2D eigenvalue weighted by Crippen LogP contribution is -2.58. The van der Waals surface area contributed by atoms with Crippen LogP contribution in [-0.4, -0.2) is 46.9 Å². The van der Waals surface area contributed by atoms with E-state index in [-0.39, 0.29) is 18.4 Å². The third-order valence-corrected chi connectivity index (χ3v) is 3.91. The first-order valence-corrected chi connectivity index (χ1v) is 7.27. The van der Waals surface area contributed by atoms with E-state index in [1.807, 2.05) is 13.8 Å². The largest absolute Gasteiger partial charge is 0.480 e. The predicted molar refractivity (Wildman–Crippen MR) is 78.6 cm³/mol. The van der Waals surface area contributed by atoms with Crippen LogP contribution in [-0.2, 0) is 14.4 Å². The molecule has 1 aliphatic rings. The van der Waals surface area contributed by atoms with Gasteiger partial charge in [0.25, 0.3) is 0 Å². The van der Waals surface area contributed by atoms with Crippen molar-refractivity contribution < 1.29 is 19.5 Å². The monoisotopic (exact) mass is 298 g/mol. The molecule has 0 radical (unpaired) electrons. The molecule has 0 aliphatic carbocycles. The molecule has 0 aromatic heterocycles. The second-order valence-electron chi connectivity index (χ2n) is 7.35. The highest BCUT2D eigenvalue weighted by Gasteiger charge is 2.44. The van der Waals surface area contributed by atoms with Crippen LogP contribution in [0.4, 0.5) is 0 Å². The molecule has 0 saturated carbocycles. The number of carboxylic acids is 1. The number of nitrogens with one attached hydrogen (secondary N) is 1. The minimum Gasteiger partial charge on any atom is -0.480 e. The van der Waals surface area contributed by atoms with Gasteiger partial charge in [-0.2, -0.15) is 0 Å². The molecule has 1 aliphatic heterocycles. The summed E-state index contributed by atoms with van der Waals surface area (Å²) in [5.41, 5.74) is -1.04. The fourth-order valence-electron chi connectivity index (χ4n) is 2.65. The van der Waals surface area contributed by atoms with E-state index in [1.54, 1.807) is 20.8 Å². The summed E-state index contributed by atoms with van der Waals surface area (Å²) in [5.74, 6) is -1.55. The van der Waals surface area contributed by atoms with E-state index in [4.69, 9.17) is 0 Å². The second-order valence-corrected chi connectivity index (χ2v) is 7.35. The number of carbonyl (C=O) groups excluding carboxylic acids is 2. The van der Waals surface area contributed by atoms with Crippen LogP contribution in [0.5, 0.6) is 0 Å². The Balaban J connectivity index is 2.76. The van der Waals surface area contributed by atoms with Crippen molar-refractivity contribution >= 4 is 17.8 Å². The van der Waals surface area contributed by atoms with Gasteiger partial charge in [-0.3, -0.25) is 9.59 Å². The lowest BCUT2D eigenvalue weighted by atomic mass is 9.76. The number of piperidine rings is 1. The van der Waals surface area contributed by atoms with Crippen LogP contribution in [0.2, 0.25) is 0 Å². The fraction of sp³-hybridized carbons (Fsp3) is 0.800. The van der Waals surface area contributed by atoms with Crippen LogP contribution >= 0.6 is 0 Å². The van der Waals surface area contributed by atoms with Gasteiger partial charge in [0.15, 0.2) is 0 Å². The molecule has 120 valence electrons. The number of hydrogen-bond donors (Lipinski definition) is 2. The minimum absolute atomic E-state index is 0.157. The molecule has 21 heavy (non-hydrogen) atoms. The minimum atomic E-state index is -0.991. The maximum Gasteiger partial charge on any atom is 0.326 e. The van der Waals surface area contributed by atoms with Crippen molar-refractivity contribution in [2.45, 2.75) is 53.5 Å². The summed E-state index contributed by atoms with van der Waals surface area (Å²) in [4.78, 5) is 37.0. The molecular formula is C15H26N2O4. The average molecular weight is 298 g/mol. The van der Waals surface area contributed by atoms with Crippen LogP contribution in [0.25, 0.3) is 0 Å². The first-order chi connectivity index (χ1) is 9.47. The molecule has 1 heterocycles. The number of carbonyl (C=O) groups is 3. The van der Waals surface area contributed by atoms with Crippen molar-refractivity contribution in [2.75, 3.05) is 13.1 Å². The number of likely N-dealkylation sites (tertiary alicyclic amines) is 1. The molecule has 0 bridgehead atoms. The Kier molecular flexibility index (Phi) is 5.02. The van der Waals surface area contributed by atoms with Gasteiger partial charge >= 0.3 is 5.97 Å². The van der Waals surface area contributed by atoms with Crippen LogP contribution < -0.4 is 5.32 Å². The molecule has 6 heteroatoms. The third kappa shape index (κ3) is 4.19. The van der Waals surface area contributed by atoms with Gasteiger partial charge in [0.1, 0.15) is 6.04 Å². The van der Waals surface area contributed by atoms with Gasteiger partial charge in [-0.15, -0.1) is 0 Å². The van der Waals surface area contributed by atoms with Crippen LogP contribution in [0, 0.1) is 10.8 Å². The third-order valence-electron chi connectivity index (χ3n) is 3.91. The Hall–Kier alpha value is -1.59. The molecule has 0 aromatic rings. The first kappa shape index (κ1) is 17.5. The van der Waals surface area contributed by atoms with Gasteiger partial charge in [0.2, 0.25) is 11.8 Å². The number of hydrogen-bond acceptors (Lipinski definition) is 3. The lowest BCUT2D eigenvalue weighted by Gasteiger charge is -2.44. The SMILES string of the molecule is CC(C)(C)C(=O)NCC(=O)N1CCCC(C)(C)C1C(=O)O. The smallest absolute Gasteiger partial charge is 0.326 e. The first-order valence-electron chi connectivity index (χ1n) is 7.27. The van der Waals surface area contributed by atoms with E-state index in [1.165, 1.54) is 4.90 Å². The summed E-state index contributed by atoms with van der Waals surface area (Å²) >= 11 is 0. The molecule has 1 rings (SSSR count). The molecule has 1 atom stereocenters. The number of nitrogens with zero attached hydrogens (tertiary/aromatic N) is 1. The van der Waals surface area contributed by atoms with Gasteiger partial charge in [-0.05, 0) is 18.3 Å². The molecule has 1 fully saturated rings. The zero-order chi connectivity index (χ0) is 16.4. The summed E-state index contributed by atoms with van der Waals surface area (Å²) in [7, 11) is 0. The molecule has 6 nitrogen and oxygen atoms in total. The van der Waals surface area contributed by atoms with Gasteiger partial charge in [0, 0.05) is 12.0 Å². The molecule has 1 unspecified atom stereocenters. The summed E-state index contributed by atoms with van der Waals surface area (Å²) in [6.07, 6.45) is 1.54. The molecule has 0 aromatic carbocycles. The molecule has 0 spiro atoms. The number of aliphatic carboxylic acids is 1. The van der Waals surface area contributed by atoms with Crippen molar-refractivity contribution in [3.05, 3.63) is 0 Å². The van der Waals surface area contributed by atoms with E-state index in [2.05, 4.69) is 5.32 Å². The van der Waals surface area contributed by atoms with E-state index < -0.39 is 22.8 Å². The Labute approximate surface area is 125 Å². The van der Waals surface area contributed by atoms with Crippen LogP contribution in [0.3, 0.4) is 0 Å². The average Bonchev–Trinajstić information content (AvgIpc) is 2.32. The fourth-order valence-corrected chi connectivity index (χ4v) is 2.65. The summed E-state index contributed by atoms with van der Waals surface area (Å²) in [6, 6.07) is -0.842. The van der Waals surface area contributed by atoms with Crippen molar-refractivity contribution in [1.29, 1.82) is 0 Å². The number of amides is 2. The zero-order valence-electron chi connectivity index (χ0n) is 13.5. The van der Waals surface area contributed by atoms with Crippen molar-refractivity contribution in [2.24, 2.45) is 10.8 Å². The van der Waals surface area contributed by atoms with Crippen LogP contribution in [0.1, 0.15) is 47.5 Å². The normalized spacial score (nSPS) is 21.8. The zero-order valence-corrected chi connectivity index (χ0v) is 13.5. The maximum atomic E-state index is 12.3. The van der Waals surface area contributed by atoms with E-state index >= 15 is 0 Å². The molecular weight excluding hydrogens is 272 g/mol. The second kappa shape index (κ2) is 6.03. The highest BCUT2D eigenvalue weighted by atomic mass is 16.4. The van der Waals surface area contributed by atoms with Gasteiger partial charge in [0.05, 0.1) is 6.54 Å². The molecule has 2 amide bonds. The maximum absolute atomic E-state index is 12.3. The number of carboxylic acid groups (broad SMARTS) is 1. The summed E-state index contributed by atoms with van der Waals surface area (Å²) in [6.45, 7) is 9.27. The van der Waals surface area contributed by atoms with E-state index in [0.29, 0.717) is 6.54 Å². The predicted octanol–water partition coefficient (Wildman–Crippen LogP) is 1.25. The highest BCUT2D eigenvalue weighted by molar-refractivity contribution is 5.89. The highest BCUT2D eigenvalue weighted by Crippen LogP contribution is 2.35. The Morgan fingerprint density at radius 3 is 2.33 bits per heavy atom. The van der Waals surface area contributed by atoms with Crippen molar-refractivity contribution in [3.63, 3.8) is 0 Å². The summed E-state index contributed by atoms with van der Waals surface area (Å²) < 4.78 is 0. The lowest BCUT2D eigenvalue weighted by molar-refractivity contribution is -0.158. The van der Waals surface area contributed by atoms with Gasteiger partial charge < -0.3 is 15.3 Å².